The number of allylic oxidation sites excluding steroid dienone is 1. The normalized spacial score (nSPS) is 11.5. The number of rotatable bonds is 9. The van der Waals surface area contributed by atoms with Crippen molar-refractivity contribution in [1.29, 1.82) is 0 Å². The third-order valence-electron chi connectivity index (χ3n) is 4.46. The number of unbranched alkanes of at least 4 members (excludes halogenated alkanes) is 3. The van der Waals surface area contributed by atoms with Crippen molar-refractivity contribution in [2.75, 3.05) is 0 Å². The molecule has 25 heavy (non-hydrogen) atoms. The van der Waals surface area contributed by atoms with Crippen molar-refractivity contribution < 1.29 is 9.90 Å². The molecule has 0 atom stereocenters. The van der Waals surface area contributed by atoms with Gasteiger partial charge in [0.15, 0.2) is 0 Å². The average Bonchev–Trinajstić information content (AvgIpc) is 2.64. The summed E-state index contributed by atoms with van der Waals surface area (Å²) in [5, 5.41) is 9.43. The van der Waals surface area contributed by atoms with E-state index < -0.39 is 5.97 Å². The van der Waals surface area contributed by atoms with Crippen molar-refractivity contribution in [3.63, 3.8) is 0 Å². The lowest BCUT2D eigenvalue weighted by Gasteiger charge is -2.12. The number of carboxylic acid groups (broad SMARTS) is 1. The summed E-state index contributed by atoms with van der Waals surface area (Å²) in [4.78, 5) is 11.5. The molecule has 2 nitrogen and oxygen atoms in total. The number of aryl methyl sites for hydroxylation is 1. The number of carboxylic acids is 1. The van der Waals surface area contributed by atoms with E-state index in [1.165, 1.54) is 24.8 Å². The summed E-state index contributed by atoms with van der Waals surface area (Å²) in [6.45, 7) is 4.27. The van der Waals surface area contributed by atoms with Gasteiger partial charge in [0.25, 0.3) is 0 Å². The van der Waals surface area contributed by atoms with Crippen LogP contribution < -0.4 is 0 Å². The van der Waals surface area contributed by atoms with Crippen LogP contribution in [0.3, 0.4) is 0 Å². The third kappa shape index (κ3) is 5.90. The lowest BCUT2D eigenvalue weighted by Crippen LogP contribution is -2.00. The number of hydrogen-bond donors (Lipinski definition) is 1. The predicted octanol–water partition coefficient (Wildman–Crippen LogP) is 6.46. The van der Waals surface area contributed by atoms with Crippen LogP contribution in [0.1, 0.15) is 73.0 Å². The maximum Gasteiger partial charge on any atom is 0.335 e. The largest absolute Gasteiger partial charge is 0.478 e. The van der Waals surface area contributed by atoms with Gasteiger partial charge in [-0.3, -0.25) is 0 Å². The van der Waals surface area contributed by atoms with Crippen molar-refractivity contribution in [3.05, 3.63) is 70.8 Å². The first-order valence-corrected chi connectivity index (χ1v) is 9.27. The fourth-order valence-corrected chi connectivity index (χ4v) is 3.00. The Balaban J connectivity index is 2.38. The van der Waals surface area contributed by atoms with E-state index in [4.69, 9.17) is 0 Å². The highest BCUT2D eigenvalue weighted by Crippen LogP contribution is 2.27. The lowest BCUT2D eigenvalue weighted by atomic mass is 9.93. The lowest BCUT2D eigenvalue weighted by molar-refractivity contribution is 0.0696. The van der Waals surface area contributed by atoms with E-state index in [1.807, 2.05) is 24.3 Å². The molecule has 2 rings (SSSR count). The fourth-order valence-electron chi connectivity index (χ4n) is 3.00. The molecular formula is C23H28O2. The Bertz CT molecular complexity index is 714. The van der Waals surface area contributed by atoms with Crippen LogP contribution in [-0.4, -0.2) is 11.1 Å². The maximum atomic E-state index is 11.5. The van der Waals surface area contributed by atoms with E-state index in [0.717, 1.165) is 36.0 Å². The highest BCUT2D eigenvalue weighted by molar-refractivity contribution is 5.91. The molecule has 0 spiro atoms. The second kappa shape index (κ2) is 9.83. The summed E-state index contributed by atoms with van der Waals surface area (Å²) in [7, 11) is 0. The molecule has 0 saturated heterocycles. The zero-order chi connectivity index (χ0) is 18.1. The summed E-state index contributed by atoms with van der Waals surface area (Å²) in [6.07, 6.45) is 8.81. The molecular weight excluding hydrogens is 308 g/mol. The summed E-state index contributed by atoms with van der Waals surface area (Å²) < 4.78 is 0. The SMILES string of the molecule is CCCCCCC(=Cc1ccccc1)c1cc(CC)cc(C(=O)O)c1. The molecule has 1 N–H and O–H groups in total. The Hall–Kier alpha value is -2.35. The van der Waals surface area contributed by atoms with Crippen LogP contribution in [0.2, 0.25) is 0 Å². The van der Waals surface area contributed by atoms with E-state index in [-0.39, 0.29) is 0 Å². The fraction of sp³-hybridized carbons (Fsp3) is 0.348. The predicted molar refractivity (Wildman–Crippen MR) is 106 cm³/mol. The van der Waals surface area contributed by atoms with E-state index in [1.54, 1.807) is 6.07 Å². The standard InChI is InChI=1S/C23H28O2/c1-3-5-6-10-13-20(16-19-11-8-7-9-12-19)21-14-18(4-2)15-22(17-21)23(24)25/h7-9,11-12,14-17H,3-6,10,13H2,1-2H3,(H,24,25). The second-order valence-electron chi connectivity index (χ2n) is 6.47. The molecule has 0 amide bonds. The first-order valence-electron chi connectivity index (χ1n) is 9.27. The Labute approximate surface area is 151 Å². The zero-order valence-electron chi connectivity index (χ0n) is 15.3. The van der Waals surface area contributed by atoms with Crippen molar-refractivity contribution in [1.82, 2.24) is 0 Å². The molecule has 2 aromatic carbocycles. The Kier molecular flexibility index (Phi) is 7.46. The Morgan fingerprint density at radius 3 is 2.32 bits per heavy atom. The van der Waals surface area contributed by atoms with Crippen LogP contribution in [0.15, 0.2) is 48.5 Å². The molecule has 2 heteroatoms. The van der Waals surface area contributed by atoms with Gasteiger partial charge in [0.2, 0.25) is 0 Å². The van der Waals surface area contributed by atoms with Crippen LogP contribution >= 0.6 is 0 Å². The van der Waals surface area contributed by atoms with Gasteiger partial charge < -0.3 is 5.11 Å². The molecule has 2 aromatic rings. The van der Waals surface area contributed by atoms with Gasteiger partial charge in [0.1, 0.15) is 0 Å². The zero-order valence-corrected chi connectivity index (χ0v) is 15.3. The smallest absolute Gasteiger partial charge is 0.335 e. The van der Waals surface area contributed by atoms with Crippen LogP contribution in [0.4, 0.5) is 0 Å². The summed E-state index contributed by atoms with van der Waals surface area (Å²) in [6, 6.07) is 16.0. The van der Waals surface area contributed by atoms with Crippen LogP contribution in [0.25, 0.3) is 11.6 Å². The van der Waals surface area contributed by atoms with Gasteiger partial charge in [-0.05, 0) is 53.7 Å². The molecule has 132 valence electrons. The third-order valence-corrected chi connectivity index (χ3v) is 4.46. The van der Waals surface area contributed by atoms with Crippen LogP contribution in [-0.2, 0) is 6.42 Å². The monoisotopic (exact) mass is 336 g/mol. The van der Waals surface area contributed by atoms with Crippen molar-refractivity contribution in [3.8, 4) is 0 Å². The van der Waals surface area contributed by atoms with Crippen molar-refractivity contribution >= 4 is 17.6 Å². The second-order valence-corrected chi connectivity index (χ2v) is 6.47. The summed E-state index contributed by atoms with van der Waals surface area (Å²) in [5.74, 6) is -0.860. The van der Waals surface area contributed by atoms with Crippen LogP contribution in [0, 0.1) is 0 Å². The van der Waals surface area contributed by atoms with E-state index in [0.29, 0.717) is 5.56 Å². The Morgan fingerprint density at radius 1 is 0.960 bits per heavy atom. The van der Waals surface area contributed by atoms with E-state index in [2.05, 4.69) is 38.1 Å². The molecule has 0 aromatic heterocycles. The minimum Gasteiger partial charge on any atom is -0.478 e. The topological polar surface area (TPSA) is 37.3 Å². The van der Waals surface area contributed by atoms with Crippen molar-refractivity contribution in [2.24, 2.45) is 0 Å². The van der Waals surface area contributed by atoms with Gasteiger partial charge in [0.05, 0.1) is 5.56 Å². The molecule has 0 heterocycles. The summed E-state index contributed by atoms with van der Waals surface area (Å²) >= 11 is 0. The average molecular weight is 336 g/mol. The number of aromatic carboxylic acids is 1. The molecule has 0 fully saturated rings. The van der Waals surface area contributed by atoms with Gasteiger partial charge in [-0.1, -0.05) is 75.6 Å². The van der Waals surface area contributed by atoms with Gasteiger partial charge in [-0.15, -0.1) is 0 Å². The first kappa shape index (κ1) is 19.0. The van der Waals surface area contributed by atoms with Gasteiger partial charge in [-0.2, -0.15) is 0 Å². The first-order chi connectivity index (χ1) is 12.1. The van der Waals surface area contributed by atoms with Gasteiger partial charge in [-0.25, -0.2) is 4.79 Å². The van der Waals surface area contributed by atoms with Crippen LogP contribution in [0.5, 0.6) is 0 Å². The van der Waals surface area contributed by atoms with E-state index in [9.17, 15) is 9.90 Å². The molecule has 0 aliphatic carbocycles. The maximum absolute atomic E-state index is 11.5. The highest BCUT2D eigenvalue weighted by Gasteiger charge is 2.10. The molecule has 0 bridgehead atoms. The molecule has 0 unspecified atom stereocenters. The molecule has 0 radical (unpaired) electrons. The minimum atomic E-state index is -0.860. The van der Waals surface area contributed by atoms with Crippen molar-refractivity contribution in [2.45, 2.75) is 52.4 Å². The van der Waals surface area contributed by atoms with Gasteiger partial charge >= 0.3 is 5.97 Å². The van der Waals surface area contributed by atoms with Gasteiger partial charge in [0, 0.05) is 0 Å². The Morgan fingerprint density at radius 2 is 1.68 bits per heavy atom. The summed E-state index contributed by atoms with van der Waals surface area (Å²) in [5.41, 5.74) is 4.87. The van der Waals surface area contributed by atoms with E-state index >= 15 is 0 Å². The molecule has 0 saturated carbocycles. The molecule has 0 aliphatic rings. The number of hydrogen-bond acceptors (Lipinski definition) is 1. The highest BCUT2D eigenvalue weighted by atomic mass is 16.4. The quantitative estimate of drug-likeness (QED) is 0.421. The minimum absolute atomic E-state index is 0.377. The number of benzene rings is 2. The molecule has 0 aliphatic heterocycles. The number of carbonyl (C=O) groups is 1.